The van der Waals surface area contributed by atoms with E-state index in [0.29, 0.717) is 5.75 Å². The summed E-state index contributed by atoms with van der Waals surface area (Å²) in [6.07, 6.45) is 2.02. The maximum Gasteiger partial charge on any atom is 0.231 e. The highest BCUT2D eigenvalue weighted by atomic mass is 16.7. The van der Waals surface area contributed by atoms with Gasteiger partial charge >= 0.3 is 0 Å². The fraction of sp³-hybridized carbons (Fsp3) is 0.308. The molecule has 31 heavy (non-hydrogen) atoms. The lowest BCUT2D eigenvalue weighted by Crippen LogP contribution is -2.21. The number of para-hydroxylation sites is 1. The highest BCUT2D eigenvalue weighted by molar-refractivity contribution is 5.85. The number of likely N-dealkylation sites (N-methyl/N-ethyl adjacent to an activating group) is 2. The van der Waals surface area contributed by atoms with E-state index in [1.165, 1.54) is 33.5 Å². The fourth-order valence-electron chi connectivity index (χ4n) is 4.58. The Labute approximate surface area is 183 Å². The summed E-state index contributed by atoms with van der Waals surface area (Å²) in [6.45, 7) is 3.07. The number of hydrogen-bond donors (Lipinski definition) is 1. The fourth-order valence-corrected chi connectivity index (χ4v) is 4.58. The highest BCUT2D eigenvalue weighted by Crippen LogP contribution is 2.44. The number of fused-ring (bicyclic) bond motifs is 2. The first kappa shape index (κ1) is 19.8. The van der Waals surface area contributed by atoms with Crippen LogP contribution in [-0.4, -0.2) is 44.0 Å². The van der Waals surface area contributed by atoms with Gasteiger partial charge in [-0.05, 0) is 66.4 Å². The SMILES string of the molecule is CN(CCc1ccc(O)cc1)Cc1cc2c(cc1-c1cccc3c1N(C)CC3)OCO2. The van der Waals surface area contributed by atoms with E-state index in [1.807, 2.05) is 12.1 Å². The number of phenolic OH excluding ortho intramolecular Hbond substituents is 1. The molecule has 160 valence electrons. The Balaban J connectivity index is 1.44. The molecule has 0 aromatic heterocycles. The lowest BCUT2D eigenvalue weighted by Gasteiger charge is -2.22. The van der Waals surface area contributed by atoms with Gasteiger partial charge in [-0.25, -0.2) is 0 Å². The van der Waals surface area contributed by atoms with Crippen LogP contribution in [0.15, 0.2) is 54.6 Å². The van der Waals surface area contributed by atoms with Gasteiger partial charge in [0.1, 0.15) is 5.75 Å². The smallest absolute Gasteiger partial charge is 0.231 e. The summed E-state index contributed by atoms with van der Waals surface area (Å²) in [6, 6.07) is 18.4. The molecule has 2 aliphatic heterocycles. The Hall–Kier alpha value is -3.18. The number of rotatable bonds is 6. The summed E-state index contributed by atoms with van der Waals surface area (Å²) in [7, 11) is 4.32. The first-order chi connectivity index (χ1) is 15.1. The van der Waals surface area contributed by atoms with Crippen LogP contribution in [0.25, 0.3) is 11.1 Å². The summed E-state index contributed by atoms with van der Waals surface area (Å²) in [4.78, 5) is 4.69. The minimum absolute atomic E-state index is 0.279. The van der Waals surface area contributed by atoms with E-state index in [-0.39, 0.29) is 6.79 Å². The predicted molar refractivity (Wildman–Crippen MR) is 123 cm³/mol. The summed E-state index contributed by atoms with van der Waals surface area (Å²) in [5.41, 5.74) is 7.67. The molecule has 0 bridgehead atoms. The van der Waals surface area contributed by atoms with Crippen LogP contribution in [0.4, 0.5) is 5.69 Å². The van der Waals surface area contributed by atoms with E-state index in [2.05, 4.69) is 54.2 Å². The van der Waals surface area contributed by atoms with Gasteiger partial charge in [0.2, 0.25) is 6.79 Å². The van der Waals surface area contributed by atoms with Gasteiger partial charge in [-0.3, -0.25) is 0 Å². The molecule has 1 N–H and O–H groups in total. The third-order valence-corrected chi connectivity index (χ3v) is 6.27. The van der Waals surface area contributed by atoms with E-state index < -0.39 is 0 Å². The van der Waals surface area contributed by atoms with Gasteiger partial charge in [-0.1, -0.05) is 30.3 Å². The normalized spacial score (nSPS) is 14.4. The molecule has 0 saturated carbocycles. The van der Waals surface area contributed by atoms with E-state index in [4.69, 9.17) is 9.47 Å². The molecule has 0 spiro atoms. The van der Waals surface area contributed by atoms with Crippen molar-refractivity contribution in [3.63, 3.8) is 0 Å². The molecule has 3 aromatic carbocycles. The number of ether oxygens (including phenoxy) is 2. The first-order valence-corrected chi connectivity index (χ1v) is 10.8. The molecule has 0 saturated heterocycles. The summed E-state index contributed by atoms with van der Waals surface area (Å²) in [5.74, 6) is 1.96. The van der Waals surface area contributed by atoms with E-state index in [1.54, 1.807) is 12.1 Å². The van der Waals surface area contributed by atoms with Gasteiger partial charge in [0.05, 0.1) is 0 Å². The van der Waals surface area contributed by atoms with Crippen molar-refractivity contribution in [1.29, 1.82) is 0 Å². The lowest BCUT2D eigenvalue weighted by atomic mass is 9.95. The largest absolute Gasteiger partial charge is 0.508 e. The molecule has 0 radical (unpaired) electrons. The number of nitrogens with zero attached hydrogens (tertiary/aromatic N) is 2. The number of anilines is 1. The summed E-state index contributed by atoms with van der Waals surface area (Å²) < 4.78 is 11.4. The molecule has 5 heteroatoms. The molecular weight excluding hydrogens is 388 g/mol. The maximum absolute atomic E-state index is 9.49. The molecule has 2 heterocycles. The average Bonchev–Trinajstić information content (AvgIpc) is 3.39. The molecular formula is C26H28N2O3. The zero-order valence-corrected chi connectivity index (χ0v) is 18.1. The Morgan fingerprint density at radius 2 is 1.77 bits per heavy atom. The molecule has 5 nitrogen and oxygen atoms in total. The third-order valence-electron chi connectivity index (χ3n) is 6.27. The van der Waals surface area contributed by atoms with Gasteiger partial charge in [-0.2, -0.15) is 0 Å². The number of aromatic hydroxyl groups is 1. The lowest BCUT2D eigenvalue weighted by molar-refractivity contribution is 0.174. The topological polar surface area (TPSA) is 45.2 Å². The Morgan fingerprint density at radius 1 is 1.00 bits per heavy atom. The van der Waals surface area contributed by atoms with Crippen LogP contribution in [0, 0.1) is 0 Å². The Kier molecular flexibility index (Phi) is 5.20. The third kappa shape index (κ3) is 3.93. The van der Waals surface area contributed by atoms with Crippen molar-refractivity contribution in [1.82, 2.24) is 4.90 Å². The van der Waals surface area contributed by atoms with Gasteiger partial charge in [0, 0.05) is 37.9 Å². The van der Waals surface area contributed by atoms with Crippen LogP contribution < -0.4 is 14.4 Å². The monoisotopic (exact) mass is 416 g/mol. The average molecular weight is 417 g/mol. The van der Waals surface area contributed by atoms with Crippen molar-refractivity contribution in [3.05, 3.63) is 71.3 Å². The van der Waals surface area contributed by atoms with Crippen molar-refractivity contribution >= 4 is 5.69 Å². The Bertz CT molecular complexity index is 1090. The molecule has 0 amide bonds. The van der Waals surface area contributed by atoms with Crippen molar-refractivity contribution < 1.29 is 14.6 Å². The van der Waals surface area contributed by atoms with Crippen molar-refractivity contribution in [3.8, 4) is 28.4 Å². The van der Waals surface area contributed by atoms with Gasteiger partial charge in [-0.15, -0.1) is 0 Å². The molecule has 0 fully saturated rings. The van der Waals surface area contributed by atoms with Gasteiger partial charge < -0.3 is 24.4 Å². The second-order valence-corrected chi connectivity index (χ2v) is 8.50. The summed E-state index contributed by atoms with van der Waals surface area (Å²) >= 11 is 0. The quantitative estimate of drug-likeness (QED) is 0.643. The first-order valence-electron chi connectivity index (χ1n) is 10.8. The molecule has 3 aromatic rings. The van der Waals surface area contributed by atoms with Gasteiger partial charge in [0.25, 0.3) is 0 Å². The summed E-state index contributed by atoms with van der Waals surface area (Å²) in [5, 5.41) is 9.49. The molecule has 0 atom stereocenters. The zero-order chi connectivity index (χ0) is 21.4. The van der Waals surface area contributed by atoms with Crippen molar-refractivity contribution in [2.75, 3.05) is 38.9 Å². The minimum Gasteiger partial charge on any atom is -0.508 e. The van der Waals surface area contributed by atoms with Crippen LogP contribution in [0.1, 0.15) is 16.7 Å². The molecule has 5 rings (SSSR count). The molecule has 0 aliphatic carbocycles. The number of hydrogen-bond acceptors (Lipinski definition) is 5. The van der Waals surface area contributed by atoms with Crippen LogP contribution in [0.3, 0.4) is 0 Å². The van der Waals surface area contributed by atoms with Crippen molar-refractivity contribution in [2.45, 2.75) is 19.4 Å². The second-order valence-electron chi connectivity index (χ2n) is 8.50. The predicted octanol–water partition coefficient (Wildman–Crippen LogP) is 4.45. The Morgan fingerprint density at radius 3 is 2.58 bits per heavy atom. The van der Waals surface area contributed by atoms with E-state index in [9.17, 15) is 5.11 Å². The van der Waals surface area contributed by atoms with Crippen LogP contribution in [-0.2, 0) is 19.4 Å². The van der Waals surface area contributed by atoms with Crippen LogP contribution in [0.2, 0.25) is 0 Å². The number of phenols is 1. The van der Waals surface area contributed by atoms with E-state index in [0.717, 1.165) is 44.0 Å². The molecule has 0 unspecified atom stereocenters. The number of benzene rings is 3. The van der Waals surface area contributed by atoms with E-state index >= 15 is 0 Å². The highest BCUT2D eigenvalue weighted by Gasteiger charge is 2.24. The standard InChI is InChI=1S/C26H28N2O3/c1-27(12-10-18-6-8-21(29)9-7-18)16-20-14-24-25(31-17-30-24)15-23(20)22-5-3-4-19-11-13-28(2)26(19)22/h3-9,14-15,29H,10-13,16-17H2,1-2H3. The van der Waals surface area contributed by atoms with Crippen LogP contribution >= 0.6 is 0 Å². The molecule has 2 aliphatic rings. The zero-order valence-electron chi connectivity index (χ0n) is 18.1. The second kappa shape index (κ2) is 8.16. The van der Waals surface area contributed by atoms with Crippen molar-refractivity contribution in [2.24, 2.45) is 0 Å². The van der Waals surface area contributed by atoms with Gasteiger partial charge in [0.15, 0.2) is 11.5 Å². The minimum atomic E-state index is 0.279. The maximum atomic E-state index is 9.49. The van der Waals surface area contributed by atoms with Crippen LogP contribution in [0.5, 0.6) is 17.2 Å².